The number of benzene rings is 2. The number of carbonyl (C=O) groups excluding carboxylic acids is 1. The third kappa shape index (κ3) is 2.67. The summed E-state index contributed by atoms with van der Waals surface area (Å²) in [5, 5.41) is 1.11. The van der Waals surface area contributed by atoms with Crippen LogP contribution in [0.3, 0.4) is 0 Å². The molecule has 0 N–H and O–H groups in total. The summed E-state index contributed by atoms with van der Waals surface area (Å²) in [5.41, 5.74) is 4.01. The van der Waals surface area contributed by atoms with Crippen molar-refractivity contribution < 1.29 is 4.79 Å². The van der Waals surface area contributed by atoms with Gasteiger partial charge in [0, 0.05) is 11.1 Å². The molecule has 126 valence electrons. The van der Waals surface area contributed by atoms with E-state index in [4.69, 9.17) is 12.2 Å². The zero-order valence-corrected chi connectivity index (χ0v) is 16.4. The van der Waals surface area contributed by atoms with Gasteiger partial charge in [-0.25, -0.2) is 0 Å². The van der Waals surface area contributed by atoms with Crippen LogP contribution in [0.1, 0.15) is 29.8 Å². The highest BCUT2D eigenvalue weighted by Gasteiger charge is 2.39. The lowest BCUT2D eigenvalue weighted by atomic mass is 9.83. The molecule has 25 heavy (non-hydrogen) atoms. The van der Waals surface area contributed by atoms with Crippen molar-refractivity contribution in [1.82, 2.24) is 0 Å². The normalized spacial score (nSPS) is 14.7. The van der Waals surface area contributed by atoms with Crippen LogP contribution in [-0.4, -0.2) is 12.3 Å². The molecule has 0 radical (unpaired) electrons. The number of hydrogen-bond donors (Lipinski definition) is 0. The molecule has 5 heteroatoms. The maximum absolute atomic E-state index is 12.9. The van der Waals surface area contributed by atoms with E-state index < -0.39 is 0 Å². The molecular weight excluding hydrogens is 366 g/mol. The molecule has 0 unspecified atom stereocenters. The SMILES string of the molecule is CC1(C)c2ccccc2-c2c(ssc2=S)N1CC(=O)c1ccccc1. The molecule has 1 aromatic heterocycles. The number of nitrogens with zero attached hydrogens (tertiary/aromatic N) is 1. The number of anilines is 1. The molecule has 3 aromatic rings. The lowest BCUT2D eigenvalue weighted by Gasteiger charge is -2.44. The van der Waals surface area contributed by atoms with Crippen molar-refractivity contribution in [2.45, 2.75) is 19.4 Å². The first kappa shape index (κ1) is 16.6. The van der Waals surface area contributed by atoms with Gasteiger partial charge < -0.3 is 4.90 Å². The Labute approximate surface area is 159 Å². The molecule has 0 saturated heterocycles. The van der Waals surface area contributed by atoms with Gasteiger partial charge in [-0.2, -0.15) is 0 Å². The van der Waals surface area contributed by atoms with Crippen molar-refractivity contribution in [3.05, 3.63) is 69.5 Å². The smallest absolute Gasteiger partial charge is 0.182 e. The maximum atomic E-state index is 12.9. The van der Waals surface area contributed by atoms with Crippen molar-refractivity contribution in [3.63, 3.8) is 0 Å². The van der Waals surface area contributed by atoms with Crippen LogP contribution in [0.4, 0.5) is 5.00 Å². The molecule has 4 rings (SSSR count). The van der Waals surface area contributed by atoms with E-state index >= 15 is 0 Å². The molecule has 1 aliphatic rings. The van der Waals surface area contributed by atoms with Crippen LogP contribution in [0.2, 0.25) is 0 Å². The van der Waals surface area contributed by atoms with Crippen molar-refractivity contribution in [2.75, 3.05) is 11.4 Å². The Kier molecular flexibility index (Phi) is 4.10. The van der Waals surface area contributed by atoms with Gasteiger partial charge in [-0.3, -0.25) is 4.79 Å². The van der Waals surface area contributed by atoms with Crippen LogP contribution < -0.4 is 4.90 Å². The first-order chi connectivity index (χ1) is 12.0. The highest BCUT2D eigenvalue weighted by molar-refractivity contribution is 7.80. The monoisotopic (exact) mass is 383 g/mol. The van der Waals surface area contributed by atoms with Crippen LogP contribution in [0.15, 0.2) is 54.6 Å². The summed E-state index contributed by atoms with van der Waals surface area (Å²) in [4.78, 5) is 15.1. The summed E-state index contributed by atoms with van der Waals surface area (Å²) in [6, 6.07) is 17.9. The Bertz CT molecular complexity index is 1000. The summed E-state index contributed by atoms with van der Waals surface area (Å²) in [5.74, 6) is 0.128. The Morgan fingerprint density at radius 1 is 1.04 bits per heavy atom. The van der Waals surface area contributed by atoms with Crippen molar-refractivity contribution >= 4 is 43.7 Å². The number of ketones is 1. The highest BCUT2D eigenvalue weighted by Crippen LogP contribution is 2.52. The minimum absolute atomic E-state index is 0.128. The Hall–Kier alpha value is -1.82. The zero-order chi connectivity index (χ0) is 17.6. The highest BCUT2D eigenvalue weighted by atomic mass is 32.9. The lowest BCUT2D eigenvalue weighted by Crippen LogP contribution is -2.46. The minimum Gasteiger partial charge on any atom is -0.345 e. The van der Waals surface area contributed by atoms with Crippen LogP contribution in [0.5, 0.6) is 0 Å². The van der Waals surface area contributed by atoms with Gasteiger partial charge in [0.1, 0.15) is 8.82 Å². The Morgan fingerprint density at radius 3 is 2.48 bits per heavy atom. The van der Waals surface area contributed by atoms with E-state index in [0.29, 0.717) is 6.54 Å². The second-order valence-electron chi connectivity index (χ2n) is 6.61. The van der Waals surface area contributed by atoms with E-state index in [1.54, 1.807) is 20.7 Å². The van der Waals surface area contributed by atoms with Gasteiger partial charge in [0.15, 0.2) is 5.78 Å². The van der Waals surface area contributed by atoms with E-state index in [1.807, 2.05) is 30.3 Å². The zero-order valence-electron chi connectivity index (χ0n) is 14.0. The number of rotatable bonds is 3. The van der Waals surface area contributed by atoms with E-state index in [2.05, 4.69) is 43.0 Å². The molecule has 2 heterocycles. The average molecular weight is 384 g/mol. The average Bonchev–Trinajstić information content (AvgIpc) is 3.01. The van der Waals surface area contributed by atoms with Crippen LogP contribution in [0.25, 0.3) is 11.1 Å². The maximum Gasteiger partial charge on any atom is 0.182 e. The van der Waals surface area contributed by atoms with E-state index in [0.717, 1.165) is 20.0 Å². The van der Waals surface area contributed by atoms with Crippen LogP contribution >= 0.6 is 32.9 Å². The molecule has 0 fully saturated rings. The number of Topliss-reactive ketones (excluding diaryl/α,β-unsaturated/α-hetero) is 1. The molecule has 0 atom stereocenters. The van der Waals surface area contributed by atoms with E-state index in [9.17, 15) is 4.79 Å². The summed E-state index contributed by atoms with van der Waals surface area (Å²) in [6.45, 7) is 4.71. The largest absolute Gasteiger partial charge is 0.345 e. The molecule has 0 saturated carbocycles. The first-order valence-electron chi connectivity index (χ1n) is 8.09. The second-order valence-corrected chi connectivity index (χ2v) is 9.41. The third-order valence-corrected chi connectivity index (χ3v) is 7.80. The Balaban J connectivity index is 1.83. The standard InChI is InChI=1S/C20H17NOS3/c1-20(2)15-11-7-6-10-14(15)17-18(24-25-19(17)23)21(20)12-16(22)13-8-4-3-5-9-13/h3-11H,12H2,1-2H3. The second kappa shape index (κ2) is 6.16. The quantitative estimate of drug-likeness (QED) is 0.308. The summed E-state index contributed by atoms with van der Waals surface area (Å²) in [7, 11) is 3.29. The fraction of sp³-hybridized carbons (Fsp3) is 0.200. The van der Waals surface area contributed by atoms with Gasteiger partial charge in [0.05, 0.1) is 12.1 Å². The van der Waals surface area contributed by atoms with Crippen molar-refractivity contribution in [1.29, 1.82) is 0 Å². The first-order valence-corrected chi connectivity index (χ1v) is 10.6. The van der Waals surface area contributed by atoms with Crippen molar-refractivity contribution in [3.8, 4) is 11.1 Å². The van der Waals surface area contributed by atoms with E-state index in [1.165, 1.54) is 11.1 Å². The molecule has 0 aliphatic carbocycles. The number of carbonyl (C=O) groups is 1. The van der Waals surface area contributed by atoms with Crippen molar-refractivity contribution in [2.24, 2.45) is 0 Å². The minimum atomic E-state index is -0.270. The Morgan fingerprint density at radius 2 is 1.72 bits per heavy atom. The predicted molar refractivity (Wildman–Crippen MR) is 110 cm³/mol. The van der Waals surface area contributed by atoms with Gasteiger partial charge >= 0.3 is 0 Å². The molecule has 0 bridgehead atoms. The molecule has 0 amide bonds. The molecule has 2 aromatic carbocycles. The molecular formula is C20H17NOS3. The van der Waals surface area contributed by atoms with Gasteiger partial charge in [0.2, 0.25) is 0 Å². The number of hydrogen-bond acceptors (Lipinski definition) is 5. The molecule has 0 spiro atoms. The van der Waals surface area contributed by atoms with Gasteiger partial charge in [-0.1, -0.05) is 87.5 Å². The van der Waals surface area contributed by atoms with Gasteiger partial charge in [-0.05, 0) is 25.0 Å². The molecule has 1 aliphatic heterocycles. The predicted octanol–water partition coefficient (Wildman–Crippen LogP) is 6.14. The fourth-order valence-electron chi connectivity index (χ4n) is 3.42. The summed E-state index contributed by atoms with van der Waals surface area (Å²) >= 11 is 5.60. The summed E-state index contributed by atoms with van der Waals surface area (Å²) < 4.78 is 0.903. The van der Waals surface area contributed by atoms with Gasteiger partial charge in [0.25, 0.3) is 0 Å². The number of fused-ring (bicyclic) bond motifs is 3. The molecule has 2 nitrogen and oxygen atoms in total. The lowest BCUT2D eigenvalue weighted by molar-refractivity contribution is 0.0993. The van der Waals surface area contributed by atoms with Gasteiger partial charge in [-0.15, -0.1) is 0 Å². The summed E-state index contributed by atoms with van der Waals surface area (Å²) in [6.07, 6.45) is 0. The topological polar surface area (TPSA) is 20.3 Å². The van der Waals surface area contributed by atoms with E-state index in [-0.39, 0.29) is 11.3 Å². The van der Waals surface area contributed by atoms with Crippen LogP contribution in [-0.2, 0) is 5.54 Å². The third-order valence-electron chi connectivity index (χ3n) is 4.79. The fourth-order valence-corrected chi connectivity index (χ4v) is 6.41. The van der Waals surface area contributed by atoms with Crippen LogP contribution in [0, 0.1) is 3.82 Å².